The number of hydrogen-bond acceptors (Lipinski definition) is 3. The van der Waals surface area contributed by atoms with Crippen LogP contribution in [0.4, 0.5) is 4.79 Å². The Morgan fingerprint density at radius 1 is 1.58 bits per heavy atom. The summed E-state index contributed by atoms with van der Waals surface area (Å²) >= 11 is 0. The van der Waals surface area contributed by atoms with Crippen molar-refractivity contribution in [1.29, 1.82) is 0 Å². The summed E-state index contributed by atoms with van der Waals surface area (Å²) in [6.45, 7) is 0. The van der Waals surface area contributed by atoms with Gasteiger partial charge in [0.25, 0.3) is 0 Å². The molecule has 0 bridgehead atoms. The lowest BCUT2D eigenvalue weighted by atomic mass is 10.2. The van der Waals surface area contributed by atoms with E-state index in [0.717, 1.165) is 0 Å². The van der Waals surface area contributed by atoms with Crippen molar-refractivity contribution in [3.05, 3.63) is 0 Å². The van der Waals surface area contributed by atoms with Crippen molar-refractivity contribution in [3.63, 3.8) is 0 Å². The van der Waals surface area contributed by atoms with Gasteiger partial charge < -0.3 is 21.9 Å². The lowest BCUT2D eigenvalue weighted by molar-refractivity contribution is -0.140. The van der Waals surface area contributed by atoms with E-state index in [1.807, 2.05) is 5.32 Å². The maximum atomic E-state index is 10.5. The van der Waals surface area contributed by atoms with E-state index < -0.39 is 30.4 Å². The van der Waals surface area contributed by atoms with Crippen molar-refractivity contribution < 1.29 is 20.9 Å². The predicted octanol–water partition coefficient (Wildman–Crippen LogP) is -2.02. The molecule has 0 unspecified atom stereocenters. The molecule has 0 spiro atoms. The van der Waals surface area contributed by atoms with Gasteiger partial charge in [0.1, 0.15) is 6.04 Å². The number of aliphatic carboxylic acids is 1. The zero-order valence-corrected chi connectivity index (χ0v) is 6.03. The van der Waals surface area contributed by atoms with Crippen LogP contribution < -0.4 is 16.8 Å². The number of nitrogens with one attached hydrogen (secondary N) is 1. The summed E-state index contributed by atoms with van der Waals surface area (Å²) in [6.07, 6.45) is -0.511. The molecular formula is C5H9N3O4. The maximum absolute atomic E-state index is 10.5. The number of urea groups is 1. The third-order valence-electron chi connectivity index (χ3n) is 1.01. The number of primary amides is 2. The Kier molecular flexibility index (Phi) is 2.88. The van der Waals surface area contributed by atoms with Gasteiger partial charge in [0.15, 0.2) is 1.41 Å². The van der Waals surface area contributed by atoms with Crippen molar-refractivity contribution in [2.24, 2.45) is 11.5 Å². The number of rotatable bonds is 4. The normalized spacial score (nSPS) is 12.5. The number of nitrogens with two attached hydrogens (primary N) is 2. The Morgan fingerprint density at radius 3 is 2.50 bits per heavy atom. The Balaban J connectivity index is 4.18. The predicted molar refractivity (Wildman–Crippen MR) is 38.0 cm³/mol. The number of carboxylic acid groups (broad SMARTS) is 1. The average Bonchev–Trinajstić information content (AvgIpc) is 2.02. The first-order valence-corrected chi connectivity index (χ1v) is 2.96. The van der Waals surface area contributed by atoms with Crippen molar-refractivity contribution in [2.75, 3.05) is 0 Å². The molecule has 3 amide bonds. The second kappa shape index (κ2) is 4.16. The molecule has 0 aromatic rings. The van der Waals surface area contributed by atoms with Gasteiger partial charge in [-0.25, -0.2) is 9.59 Å². The van der Waals surface area contributed by atoms with Crippen molar-refractivity contribution in [1.82, 2.24) is 5.32 Å². The van der Waals surface area contributed by atoms with E-state index >= 15 is 0 Å². The highest BCUT2D eigenvalue weighted by molar-refractivity contribution is 5.87. The summed E-state index contributed by atoms with van der Waals surface area (Å²) in [6, 6.07) is -2.41. The lowest BCUT2D eigenvalue weighted by Gasteiger charge is -2.09. The van der Waals surface area contributed by atoms with E-state index in [1.165, 1.54) is 5.73 Å². The standard InChI is InChI=1S/C5H9N3O4/c6-3(9)1-2(4(10)11)8-5(7)12/h2H,1H2,(H2,6,9)(H,10,11)(H3,7,8,12)/t2-/m0/s1/i/hD. The molecule has 12 heavy (non-hydrogen) atoms. The minimum atomic E-state index is -1.40. The minimum absolute atomic E-state index is 0.511. The van der Waals surface area contributed by atoms with Crippen LogP contribution in [0.1, 0.15) is 6.42 Å². The Bertz CT molecular complexity index is 232. The molecule has 0 aliphatic rings. The first-order valence-electron chi connectivity index (χ1n) is 3.46. The number of carbonyl (C=O) groups is 3. The van der Waals surface area contributed by atoms with Crippen molar-refractivity contribution >= 4 is 17.9 Å². The SMILES string of the molecule is [2H]NC(=O)N[C@@H](CC(N)=O)C(=O)O. The van der Waals surface area contributed by atoms with Gasteiger partial charge in [-0.05, 0) is 0 Å². The van der Waals surface area contributed by atoms with Crippen LogP contribution in [0.25, 0.3) is 0 Å². The topological polar surface area (TPSA) is 136 Å². The molecule has 0 aromatic carbocycles. The van der Waals surface area contributed by atoms with Crippen LogP contribution in [0, 0.1) is 0 Å². The molecule has 1 atom stereocenters. The van der Waals surface area contributed by atoms with Gasteiger partial charge in [0, 0.05) is 0 Å². The third kappa shape index (κ3) is 4.09. The second-order valence-electron chi connectivity index (χ2n) is 2.03. The molecule has 0 saturated carbocycles. The summed E-state index contributed by atoms with van der Waals surface area (Å²) < 4.78 is 6.35. The van der Waals surface area contributed by atoms with Crippen molar-refractivity contribution in [2.45, 2.75) is 12.5 Å². The highest BCUT2D eigenvalue weighted by Crippen LogP contribution is 1.90. The van der Waals surface area contributed by atoms with E-state index in [9.17, 15) is 14.4 Å². The number of carbonyl (C=O) groups excluding carboxylic acids is 2. The minimum Gasteiger partial charge on any atom is -0.480 e. The molecule has 0 saturated heterocycles. The van der Waals surface area contributed by atoms with Crippen LogP contribution in [0.15, 0.2) is 0 Å². The Hall–Kier alpha value is -1.79. The smallest absolute Gasteiger partial charge is 0.326 e. The third-order valence-corrected chi connectivity index (χ3v) is 1.01. The first-order chi connectivity index (χ1) is 5.97. The van der Waals surface area contributed by atoms with E-state index in [1.54, 1.807) is 0 Å². The van der Waals surface area contributed by atoms with E-state index in [4.69, 9.17) is 12.3 Å². The molecule has 6 N–H and O–H groups in total. The molecule has 0 aliphatic carbocycles. The molecule has 0 rings (SSSR count). The van der Waals surface area contributed by atoms with Gasteiger partial charge in [-0.1, -0.05) is 0 Å². The average molecular weight is 176 g/mol. The molecule has 0 aromatic heterocycles. The molecule has 0 aliphatic heterocycles. The van der Waals surface area contributed by atoms with Gasteiger partial charge >= 0.3 is 12.0 Å². The fourth-order valence-electron chi connectivity index (χ4n) is 0.560. The molecule has 7 heteroatoms. The van der Waals surface area contributed by atoms with E-state index in [0.29, 0.717) is 0 Å². The number of amides is 3. The van der Waals surface area contributed by atoms with Gasteiger partial charge in [-0.15, -0.1) is 0 Å². The Morgan fingerprint density at radius 2 is 2.17 bits per heavy atom. The molecule has 68 valence electrons. The highest BCUT2D eigenvalue weighted by Gasteiger charge is 2.20. The zero-order chi connectivity index (χ0) is 10.4. The van der Waals surface area contributed by atoms with Crippen LogP contribution in [-0.4, -0.2) is 29.1 Å². The summed E-state index contributed by atoms with van der Waals surface area (Å²) in [5, 5.41) is 10.3. The summed E-state index contributed by atoms with van der Waals surface area (Å²) in [7, 11) is 0. The molecular weight excluding hydrogens is 166 g/mol. The monoisotopic (exact) mass is 176 g/mol. The van der Waals surface area contributed by atoms with Crippen LogP contribution in [0.2, 0.25) is 1.41 Å². The maximum Gasteiger partial charge on any atom is 0.326 e. The molecule has 0 fully saturated rings. The van der Waals surface area contributed by atoms with Crippen LogP contribution in [-0.2, 0) is 9.59 Å². The highest BCUT2D eigenvalue weighted by atomic mass is 16.4. The zero-order valence-electron chi connectivity index (χ0n) is 7.03. The number of carboxylic acids is 1. The quantitative estimate of drug-likeness (QED) is 0.393. The second-order valence-corrected chi connectivity index (χ2v) is 2.03. The molecule has 7 nitrogen and oxygen atoms in total. The van der Waals surface area contributed by atoms with E-state index in [2.05, 4.69) is 0 Å². The lowest BCUT2D eigenvalue weighted by Crippen LogP contribution is -2.45. The van der Waals surface area contributed by atoms with E-state index in [-0.39, 0.29) is 0 Å². The number of hydrogen-bond donors (Lipinski definition) is 4. The van der Waals surface area contributed by atoms with Crippen LogP contribution in [0.5, 0.6) is 0 Å². The van der Waals surface area contributed by atoms with Gasteiger partial charge in [-0.2, -0.15) is 0 Å². The largest absolute Gasteiger partial charge is 0.480 e. The fourth-order valence-corrected chi connectivity index (χ4v) is 0.560. The van der Waals surface area contributed by atoms with Gasteiger partial charge in [-0.3, -0.25) is 4.79 Å². The Labute approximate surface area is 69.2 Å². The van der Waals surface area contributed by atoms with Crippen LogP contribution in [0.3, 0.4) is 0 Å². The molecule has 0 radical (unpaired) electrons. The van der Waals surface area contributed by atoms with Crippen molar-refractivity contribution in [3.8, 4) is 0 Å². The fraction of sp³-hybridized carbons (Fsp3) is 0.400. The summed E-state index contributed by atoms with van der Waals surface area (Å²) in [4.78, 5) is 31.2. The van der Waals surface area contributed by atoms with Gasteiger partial charge in [0.2, 0.25) is 5.91 Å². The molecule has 0 heterocycles. The summed E-state index contributed by atoms with van der Waals surface area (Å²) in [5.41, 5.74) is 6.14. The summed E-state index contributed by atoms with van der Waals surface area (Å²) in [5.74, 6) is -2.24. The van der Waals surface area contributed by atoms with Gasteiger partial charge in [0.05, 0.1) is 6.42 Å². The van der Waals surface area contributed by atoms with Crippen LogP contribution >= 0.6 is 0 Å². The first kappa shape index (κ1) is 8.31.